The molecule has 2 heterocycles. The van der Waals surface area contributed by atoms with Crippen molar-refractivity contribution in [1.29, 1.82) is 0 Å². The summed E-state index contributed by atoms with van der Waals surface area (Å²) in [6.45, 7) is 4.19. The molecule has 0 fully saturated rings. The molecule has 0 aliphatic carbocycles. The number of alkyl halides is 3. The summed E-state index contributed by atoms with van der Waals surface area (Å²) in [5.41, 5.74) is -0.518. The number of aromatic nitrogens is 4. The lowest BCUT2D eigenvalue weighted by molar-refractivity contribution is -0.137. The smallest absolute Gasteiger partial charge is 0.357 e. The van der Waals surface area contributed by atoms with Gasteiger partial charge in [-0.3, -0.25) is 0 Å². The van der Waals surface area contributed by atoms with Gasteiger partial charge in [0.25, 0.3) is 0 Å². The summed E-state index contributed by atoms with van der Waals surface area (Å²) in [6.07, 6.45) is -2.71. The van der Waals surface area contributed by atoms with Gasteiger partial charge in [0.2, 0.25) is 16.8 Å². The summed E-state index contributed by atoms with van der Waals surface area (Å²) in [4.78, 5) is 4.14. The Bertz CT molecular complexity index is 893. The average molecular weight is 399 g/mol. The van der Waals surface area contributed by atoms with Gasteiger partial charge in [-0.2, -0.15) is 18.2 Å². The van der Waals surface area contributed by atoms with Crippen molar-refractivity contribution in [2.24, 2.45) is 0 Å². The highest BCUT2D eigenvalue weighted by Gasteiger charge is 2.30. The molecule has 0 aliphatic rings. The first-order valence-electron chi connectivity index (χ1n) is 7.27. The minimum absolute atomic E-state index is 0.109. The summed E-state index contributed by atoms with van der Waals surface area (Å²) >= 11 is 2.71. The zero-order chi connectivity index (χ0) is 18.6. The Hall–Kier alpha value is -2.40. The van der Waals surface area contributed by atoms with E-state index < -0.39 is 11.7 Å². The Morgan fingerprint density at radius 3 is 2.92 bits per heavy atom. The van der Waals surface area contributed by atoms with Crippen molar-refractivity contribution in [3.05, 3.63) is 48.4 Å². The molecule has 0 bridgehead atoms. The second-order valence-electron chi connectivity index (χ2n) is 4.92. The monoisotopic (exact) mass is 399 g/mol. The number of hydrogen-bond donors (Lipinski definition) is 1. The highest BCUT2D eigenvalue weighted by Crippen LogP contribution is 2.32. The molecule has 1 aromatic carbocycles. The number of anilines is 1. The molecule has 3 rings (SSSR count). The first-order valence-corrected chi connectivity index (χ1v) is 9.07. The third-order valence-corrected chi connectivity index (χ3v) is 5.04. The molecule has 0 radical (unpaired) electrons. The number of thioether (sulfide) groups is 1. The van der Waals surface area contributed by atoms with Gasteiger partial charge in [-0.25, -0.2) is 0 Å². The van der Waals surface area contributed by atoms with Crippen LogP contribution in [0.4, 0.5) is 18.3 Å². The maximum atomic E-state index is 12.8. The predicted octanol–water partition coefficient (Wildman–Crippen LogP) is 4.50. The molecule has 0 amide bonds. The van der Waals surface area contributed by atoms with Gasteiger partial charge in [0.15, 0.2) is 4.34 Å². The maximum absolute atomic E-state index is 12.8. The van der Waals surface area contributed by atoms with Crippen LogP contribution in [0.5, 0.6) is 0 Å². The first-order chi connectivity index (χ1) is 12.5. The van der Waals surface area contributed by atoms with Crippen LogP contribution >= 0.6 is 23.1 Å². The number of nitrogens with zero attached hydrogens (tertiary/aromatic N) is 4. The lowest BCUT2D eigenvalue weighted by Gasteiger charge is -2.06. The van der Waals surface area contributed by atoms with Gasteiger partial charge in [-0.15, -0.1) is 16.8 Å². The molecule has 26 heavy (non-hydrogen) atoms. The number of halogens is 3. The van der Waals surface area contributed by atoms with Crippen LogP contribution in [-0.4, -0.2) is 26.9 Å². The van der Waals surface area contributed by atoms with Crippen molar-refractivity contribution in [1.82, 2.24) is 20.3 Å². The van der Waals surface area contributed by atoms with E-state index in [0.717, 1.165) is 12.1 Å². The zero-order valence-electron chi connectivity index (χ0n) is 13.2. The van der Waals surface area contributed by atoms with E-state index in [1.807, 2.05) is 0 Å². The van der Waals surface area contributed by atoms with Crippen LogP contribution in [0.1, 0.15) is 11.5 Å². The standard InChI is InChI=1S/C15H12F3N5OS2/c1-2-6-19-13-21-22-14(26-13)25-8-11-20-12(23-24-11)9-4-3-5-10(7-9)15(16,17)18/h2-5,7H,1,6,8H2,(H,19,21). The minimum atomic E-state index is -4.42. The van der Waals surface area contributed by atoms with E-state index in [1.165, 1.54) is 35.2 Å². The maximum Gasteiger partial charge on any atom is 0.416 e. The predicted molar refractivity (Wildman–Crippen MR) is 92.9 cm³/mol. The molecule has 0 atom stereocenters. The van der Waals surface area contributed by atoms with Crippen LogP contribution in [0.3, 0.4) is 0 Å². The summed E-state index contributed by atoms with van der Waals surface area (Å²) in [5.74, 6) is 0.734. The summed E-state index contributed by atoms with van der Waals surface area (Å²) in [6, 6.07) is 4.79. The highest BCUT2D eigenvalue weighted by atomic mass is 32.2. The van der Waals surface area contributed by atoms with E-state index in [9.17, 15) is 13.2 Å². The van der Waals surface area contributed by atoms with E-state index in [0.29, 0.717) is 27.7 Å². The van der Waals surface area contributed by atoms with Gasteiger partial charge < -0.3 is 9.84 Å². The second-order valence-corrected chi connectivity index (χ2v) is 7.12. The highest BCUT2D eigenvalue weighted by molar-refractivity contribution is 8.00. The van der Waals surface area contributed by atoms with E-state index >= 15 is 0 Å². The SMILES string of the molecule is C=CCNc1nnc(SCc2nc(-c3cccc(C(F)(F)F)c3)no2)s1. The Morgan fingerprint density at radius 1 is 1.31 bits per heavy atom. The Labute approximate surface area is 154 Å². The van der Waals surface area contributed by atoms with Crippen molar-refractivity contribution < 1.29 is 17.7 Å². The molecule has 1 N–H and O–H groups in total. The van der Waals surface area contributed by atoms with Gasteiger partial charge in [0.05, 0.1) is 11.3 Å². The van der Waals surface area contributed by atoms with Crippen LogP contribution in [0.15, 0.2) is 45.8 Å². The van der Waals surface area contributed by atoms with Gasteiger partial charge in [0.1, 0.15) is 0 Å². The molecule has 0 aliphatic heterocycles. The third-order valence-electron chi connectivity index (χ3n) is 3.04. The summed E-state index contributed by atoms with van der Waals surface area (Å²) in [5, 5.41) is 15.4. The largest absolute Gasteiger partial charge is 0.416 e. The fraction of sp³-hybridized carbons (Fsp3) is 0.200. The molecule has 0 saturated heterocycles. The van der Waals surface area contributed by atoms with Gasteiger partial charge in [0, 0.05) is 12.1 Å². The van der Waals surface area contributed by atoms with E-state index in [-0.39, 0.29) is 11.4 Å². The lowest BCUT2D eigenvalue weighted by atomic mass is 10.1. The fourth-order valence-corrected chi connectivity index (χ4v) is 3.48. The van der Waals surface area contributed by atoms with Crippen LogP contribution in [0, 0.1) is 0 Å². The van der Waals surface area contributed by atoms with Crippen LogP contribution in [-0.2, 0) is 11.9 Å². The van der Waals surface area contributed by atoms with Gasteiger partial charge >= 0.3 is 6.18 Å². The molecule has 11 heteroatoms. The Balaban J connectivity index is 1.65. The van der Waals surface area contributed by atoms with Crippen molar-refractivity contribution in [3.8, 4) is 11.4 Å². The third kappa shape index (κ3) is 4.61. The van der Waals surface area contributed by atoms with Crippen molar-refractivity contribution >= 4 is 28.2 Å². The van der Waals surface area contributed by atoms with E-state index in [4.69, 9.17) is 4.52 Å². The molecule has 0 unspecified atom stereocenters. The lowest BCUT2D eigenvalue weighted by Crippen LogP contribution is -2.04. The molecule has 136 valence electrons. The zero-order valence-corrected chi connectivity index (χ0v) is 14.8. The topological polar surface area (TPSA) is 76.7 Å². The number of nitrogens with one attached hydrogen (secondary N) is 1. The summed E-state index contributed by atoms with van der Waals surface area (Å²) < 4.78 is 44.2. The van der Waals surface area contributed by atoms with E-state index in [1.54, 1.807) is 6.08 Å². The fourth-order valence-electron chi connectivity index (χ4n) is 1.89. The molecule has 2 aromatic heterocycles. The van der Waals surface area contributed by atoms with Gasteiger partial charge in [-0.1, -0.05) is 46.5 Å². The molecule has 0 spiro atoms. The molecule has 6 nitrogen and oxygen atoms in total. The summed E-state index contributed by atoms with van der Waals surface area (Å²) in [7, 11) is 0. The van der Waals surface area contributed by atoms with Crippen molar-refractivity contribution in [2.45, 2.75) is 16.3 Å². The Morgan fingerprint density at radius 2 is 2.15 bits per heavy atom. The van der Waals surface area contributed by atoms with Crippen LogP contribution < -0.4 is 5.32 Å². The minimum Gasteiger partial charge on any atom is -0.357 e. The number of rotatable bonds is 7. The normalized spacial score (nSPS) is 11.5. The molecule has 3 aromatic rings. The molecule has 0 saturated carbocycles. The van der Waals surface area contributed by atoms with Crippen molar-refractivity contribution in [3.63, 3.8) is 0 Å². The number of hydrogen-bond acceptors (Lipinski definition) is 8. The quantitative estimate of drug-likeness (QED) is 0.463. The van der Waals surface area contributed by atoms with E-state index in [2.05, 4.69) is 32.2 Å². The van der Waals surface area contributed by atoms with Crippen LogP contribution in [0.2, 0.25) is 0 Å². The molecular weight excluding hydrogens is 387 g/mol. The Kier molecular flexibility index (Phi) is 5.57. The second kappa shape index (κ2) is 7.87. The average Bonchev–Trinajstić information content (AvgIpc) is 3.27. The number of benzene rings is 1. The van der Waals surface area contributed by atoms with Gasteiger partial charge in [-0.05, 0) is 12.1 Å². The molecular formula is C15H12F3N5OS2. The first kappa shape index (κ1) is 18.4. The van der Waals surface area contributed by atoms with Crippen LogP contribution in [0.25, 0.3) is 11.4 Å². The van der Waals surface area contributed by atoms with Crippen molar-refractivity contribution in [2.75, 3.05) is 11.9 Å².